The molecule has 1 heteroatoms. The lowest BCUT2D eigenvalue weighted by Crippen LogP contribution is -2.30. The van der Waals surface area contributed by atoms with Crippen LogP contribution in [0.3, 0.4) is 0 Å². The van der Waals surface area contributed by atoms with Crippen molar-refractivity contribution >= 4 is 0 Å². The zero-order chi connectivity index (χ0) is 11.4. The van der Waals surface area contributed by atoms with E-state index < -0.39 is 0 Å². The van der Waals surface area contributed by atoms with E-state index in [4.69, 9.17) is 4.74 Å². The fraction of sp³-hybridized carbons (Fsp3) is 1.00. The molecule has 0 saturated carbocycles. The highest BCUT2D eigenvalue weighted by molar-refractivity contribution is 4.76. The fourth-order valence-corrected chi connectivity index (χ4v) is 1.90. The van der Waals surface area contributed by atoms with Crippen LogP contribution in [0.4, 0.5) is 0 Å². The Morgan fingerprint density at radius 1 is 1.00 bits per heavy atom. The summed E-state index contributed by atoms with van der Waals surface area (Å²) < 4.78 is 5.92. The third kappa shape index (κ3) is 8.55. The van der Waals surface area contributed by atoms with Crippen LogP contribution in [0.1, 0.15) is 61.3 Å². The van der Waals surface area contributed by atoms with Gasteiger partial charge in [-0.05, 0) is 38.0 Å². The van der Waals surface area contributed by atoms with Gasteiger partial charge in [0.2, 0.25) is 0 Å². The maximum Gasteiger partial charge on any atom is 0.0631 e. The predicted molar refractivity (Wildman–Crippen MR) is 63.6 cm³/mol. The number of rotatable bonds is 5. The molecule has 0 N–H and O–H groups in total. The molecule has 0 aliphatic carbocycles. The summed E-state index contributed by atoms with van der Waals surface area (Å²) in [7, 11) is 0. The quantitative estimate of drug-likeness (QED) is 0.644. The molecule has 0 radical (unpaired) electrons. The second-order valence-electron chi connectivity index (χ2n) is 6.53. The molecule has 0 aromatic carbocycles. The topological polar surface area (TPSA) is 9.23 Å². The summed E-state index contributed by atoms with van der Waals surface area (Å²) in [4.78, 5) is 0. The molecule has 0 saturated heterocycles. The Bertz CT molecular complexity index is 151. The summed E-state index contributed by atoms with van der Waals surface area (Å²) in [6.07, 6.45) is 2.27. The second kappa shape index (κ2) is 5.16. The fourth-order valence-electron chi connectivity index (χ4n) is 1.90. The average Bonchev–Trinajstić information content (AvgIpc) is 1.78. The molecule has 0 unspecified atom stereocenters. The number of hydrogen-bond acceptors (Lipinski definition) is 1. The van der Waals surface area contributed by atoms with Crippen molar-refractivity contribution in [3.05, 3.63) is 0 Å². The van der Waals surface area contributed by atoms with Gasteiger partial charge < -0.3 is 4.74 Å². The highest BCUT2D eigenvalue weighted by atomic mass is 16.5. The van der Waals surface area contributed by atoms with Crippen LogP contribution in [0, 0.1) is 11.3 Å². The average molecular weight is 200 g/mol. The Kier molecular flexibility index (Phi) is 5.14. The SMILES string of the molecule is CC(C)CCOC(C)(C)CC(C)(C)C. The number of hydrogen-bond donors (Lipinski definition) is 0. The van der Waals surface area contributed by atoms with Gasteiger partial charge in [0.1, 0.15) is 0 Å². The molecule has 0 rings (SSSR count). The molecule has 0 fully saturated rings. The standard InChI is InChI=1S/C13H28O/c1-11(2)8-9-14-13(6,7)10-12(3,4)5/h11H,8-10H2,1-7H3. The molecule has 0 aromatic rings. The Morgan fingerprint density at radius 2 is 1.50 bits per heavy atom. The van der Waals surface area contributed by atoms with E-state index >= 15 is 0 Å². The summed E-state index contributed by atoms with van der Waals surface area (Å²) in [5.74, 6) is 0.737. The Morgan fingerprint density at radius 3 is 1.86 bits per heavy atom. The second-order valence-corrected chi connectivity index (χ2v) is 6.53. The summed E-state index contributed by atoms with van der Waals surface area (Å²) in [6.45, 7) is 16.5. The van der Waals surface area contributed by atoms with Gasteiger partial charge >= 0.3 is 0 Å². The lowest BCUT2D eigenvalue weighted by atomic mass is 9.83. The van der Waals surface area contributed by atoms with Crippen molar-refractivity contribution in [1.82, 2.24) is 0 Å². The third-order valence-electron chi connectivity index (χ3n) is 2.14. The monoisotopic (exact) mass is 200 g/mol. The van der Waals surface area contributed by atoms with Gasteiger partial charge in [-0.2, -0.15) is 0 Å². The van der Waals surface area contributed by atoms with Gasteiger partial charge in [0.15, 0.2) is 0 Å². The smallest absolute Gasteiger partial charge is 0.0631 e. The van der Waals surface area contributed by atoms with Crippen LogP contribution < -0.4 is 0 Å². The summed E-state index contributed by atoms with van der Waals surface area (Å²) >= 11 is 0. The van der Waals surface area contributed by atoms with Crippen LogP contribution >= 0.6 is 0 Å². The lowest BCUT2D eigenvalue weighted by Gasteiger charge is -2.32. The van der Waals surface area contributed by atoms with Crippen molar-refractivity contribution in [2.24, 2.45) is 11.3 Å². The first-order valence-electron chi connectivity index (χ1n) is 5.76. The molecule has 0 aromatic heterocycles. The van der Waals surface area contributed by atoms with Crippen molar-refractivity contribution in [2.45, 2.75) is 66.9 Å². The van der Waals surface area contributed by atoms with Crippen molar-refractivity contribution < 1.29 is 4.74 Å². The zero-order valence-electron chi connectivity index (χ0n) is 11.1. The first-order valence-corrected chi connectivity index (χ1v) is 5.76. The van der Waals surface area contributed by atoms with Crippen molar-refractivity contribution in [2.75, 3.05) is 6.61 Å². The lowest BCUT2D eigenvalue weighted by molar-refractivity contribution is -0.0467. The van der Waals surface area contributed by atoms with Gasteiger partial charge in [-0.25, -0.2) is 0 Å². The van der Waals surface area contributed by atoms with E-state index in [2.05, 4.69) is 48.5 Å². The van der Waals surface area contributed by atoms with Gasteiger partial charge in [0, 0.05) is 6.61 Å². The van der Waals surface area contributed by atoms with Crippen LogP contribution in [0.2, 0.25) is 0 Å². The van der Waals surface area contributed by atoms with Gasteiger partial charge in [-0.3, -0.25) is 0 Å². The highest BCUT2D eigenvalue weighted by Gasteiger charge is 2.25. The maximum atomic E-state index is 5.92. The Balaban J connectivity index is 3.84. The van der Waals surface area contributed by atoms with E-state index in [1.807, 2.05) is 0 Å². The summed E-state index contributed by atoms with van der Waals surface area (Å²) in [6, 6.07) is 0. The van der Waals surface area contributed by atoms with E-state index in [9.17, 15) is 0 Å². The van der Waals surface area contributed by atoms with Gasteiger partial charge in [-0.1, -0.05) is 34.6 Å². The largest absolute Gasteiger partial charge is 0.376 e. The molecule has 14 heavy (non-hydrogen) atoms. The highest BCUT2D eigenvalue weighted by Crippen LogP contribution is 2.29. The van der Waals surface area contributed by atoms with E-state index in [1.165, 1.54) is 0 Å². The Hall–Kier alpha value is -0.0400. The first-order chi connectivity index (χ1) is 6.12. The van der Waals surface area contributed by atoms with Crippen molar-refractivity contribution in [3.8, 4) is 0 Å². The predicted octanol–water partition coefficient (Wildman–Crippen LogP) is 4.26. The van der Waals surface area contributed by atoms with Crippen LogP contribution in [-0.2, 0) is 4.74 Å². The van der Waals surface area contributed by atoms with Crippen LogP contribution in [0.5, 0.6) is 0 Å². The number of ether oxygens (including phenoxy) is 1. The minimum Gasteiger partial charge on any atom is -0.376 e. The van der Waals surface area contributed by atoms with Crippen LogP contribution in [0.25, 0.3) is 0 Å². The molecule has 0 amide bonds. The minimum absolute atomic E-state index is 0.0210. The van der Waals surface area contributed by atoms with Crippen molar-refractivity contribution in [1.29, 1.82) is 0 Å². The molecule has 0 bridgehead atoms. The van der Waals surface area contributed by atoms with E-state index in [-0.39, 0.29) is 5.60 Å². The minimum atomic E-state index is 0.0210. The molecule has 0 atom stereocenters. The summed E-state index contributed by atoms with van der Waals surface area (Å²) in [5.41, 5.74) is 0.370. The van der Waals surface area contributed by atoms with Gasteiger partial charge in [0.25, 0.3) is 0 Å². The molecule has 0 aliphatic rings. The van der Waals surface area contributed by atoms with Crippen molar-refractivity contribution in [3.63, 3.8) is 0 Å². The zero-order valence-corrected chi connectivity index (χ0v) is 11.1. The normalized spacial score (nSPS) is 13.7. The Labute approximate surface area is 90.2 Å². The molecular formula is C13H28O. The van der Waals surface area contributed by atoms with Gasteiger partial charge in [-0.15, -0.1) is 0 Å². The van der Waals surface area contributed by atoms with E-state index in [1.54, 1.807) is 0 Å². The molecule has 86 valence electrons. The van der Waals surface area contributed by atoms with Crippen LogP contribution in [-0.4, -0.2) is 12.2 Å². The molecule has 1 nitrogen and oxygen atoms in total. The molecule has 0 aliphatic heterocycles. The molecule has 0 heterocycles. The van der Waals surface area contributed by atoms with Crippen LogP contribution in [0.15, 0.2) is 0 Å². The molecular weight excluding hydrogens is 172 g/mol. The third-order valence-corrected chi connectivity index (χ3v) is 2.14. The molecule has 0 spiro atoms. The van der Waals surface area contributed by atoms with E-state index in [0.717, 1.165) is 25.4 Å². The summed E-state index contributed by atoms with van der Waals surface area (Å²) in [5, 5.41) is 0. The maximum absolute atomic E-state index is 5.92. The first kappa shape index (κ1) is 14.0. The van der Waals surface area contributed by atoms with E-state index in [0.29, 0.717) is 5.41 Å². The van der Waals surface area contributed by atoms with Gasteiger partial charge in [0.05, 0.1) is 5.60 Å².